The minimum Gasteiger partial charge on any atom is -0.489 e. The van der Waals surface area contributed by atoms with Gasteiger partial charge in [0.05, 0.1) is 0 Å². The summed E-state index contributed by atoms with van der Waals surface area (Å²) < 4.78 is 16.9. The van der Waals surface area contributed by atoms with E-state index >= 15 is 0 Å². The Morgan fingerprint density at radius 1 is 0.627 bits per heavy atom. The van der Waals surface area contributed by atoms with Crippen molar-refractivity contribution >= 4 is 29.9 Å². The average Bonchev–Trinajstić information content (AvgIpc) is 3.19. The lowest BCUT2D eigenvalue weighted by molar-refractivity contribution is -0.132. The van der Waals surface area contributed by atoms with Crippen LogP contribution in [0.15, 0.2) is 103 Å². The molecule has 0 aliphatic rings. The van der Waals surface area contributed by atoms with Crippen molar-refractivity contribution in [3.05, 3.63) is 137 Å². The number of alkyl carbamates (subject to hydrolysis) is 2. The Morgan fingerprint density at radius 3 is 1.71 bits per heavy atom. The molecule has 0 saturated carbocycles. The van der Waals surface area contributed by atoms with Gasteiger partial charge < -0.3 is 41.2 Å². The van der Waals surface area contributed by atoms with Crippen molar-refractivity contribution in [2.75, 3.05) is 6.54 Å². The molecule has 3 atom stereocenters. The van der Waals surface area contributed by atoms with Gasteiger partial charge in [-0.25, -0.2) is 9.59 Å². The first kappa shape index (κ1) is 45.3. The average molecular weight is 808 g/mol. The molecule has 0 bridgehead atoms. The Labute approximate surface area is 346 Å². The van der Waals surface area contributed by atoms with E-state index in [0.717, 1.165) is 33.4 Å². The number of primary amides is 1. The standard InChI is InChI=1S/C46H57N5O8/c1-31-25-36(57-29-34-19-11-7-12-20-34)26-32(2)37(31)28-40(51-45(56)59-46(3,4)5)43(54)49-38(42(53)50-39(41(47)52)27-33-17-9-6-10-18-33)23-15-16-24-48-44(55)58-30-35-21-13-8-14-22-35/h6-14,17-22,25-26,38-40H,15-16,23-24,27-30H2,1-5H3,(H2,47,52)(H,48,55)(H,49,54)(H,50,53)(H,51,56)/t38-,39-,40?/m0/s1. The predicted molar refractivity (Wildman–Crippen MR) is 225 cm³/mol. The van der Waals surface area contributed by atoms with E-state index in [1.54, 1.807) is 20.8 Å². The van der Waals surface area contributed by atoms with Crippen molar-refractivity contribution < 1.29 is 38.2 Å². The highest BCUT2D eigenvalue weighted by Gasteiger charge is 2.31. The van der Waals surface area contributed by atoms with Crippen LogP contribution in [0.25, 0.3) is 0 Å². The maximum Gasteiger partial charge on any atom is 0.408 e. The number of benzene rings is 4. The third kappa shape index (κ3) is 16.2. The van der Waals surface area contributed by atoms with Crippen molar-refractivity contribution in [2.45, 2.75) is 104 Å². The van der Waals surface area contributed by atoms with Crippen molar-refractivity contribution in [2.24, 2.45) is 5.73 Å². The molecule has 0 heterocycles. The first-order valence-corrected chi connectivity index (χ1v) is 19.8. The van der Waals surface area contributed by atoms with Gasteiger partial charge in [0.25, 0.3) is 0 Å². The highest BCUT2D eigenvalue weighted by Crippen LogP contribution is 2.24. The first-order valence-electron chi connectivity index (χ1n) is 19.8. The van der Waals surface area contributed by atoms with Gasteiger partial charge in [0, 0.05) is 19.4 Å². The quantitative estimate of drug-likeness (QED) is 0.0662. The zero-order chi connectivity index (χ0) is 42.8. The number of carbonyl (C=O) groups is 5. The Bertz CT molecular complexity index is 1960. The van der Waals surface area contributed by atoms with Crippen LogP contribution in [0.4, 0.5) is 9.59 Å². The fraction of sp³-hybridized carbons (Fsp3) is 0.370. The summed E-state index contributed by atoms with van der Waals surface area (Å²) in [4.78, 5) is 66.2. The number of carbonyl (C=O) groups excluding carboxylic acids is 5. The molecule has 59 heavy (non-hydrogen) atoms. The van der Waals surface area contributed by atoms with Crippen LogP contribution in [0.3, 0.4) is 0 Å². The molecule has 5 amide bonds. The van der Waals surface area contributed by atoms with Gasteiger partial charge in [-0.15, -0.1) is 0 Å². The van der Waals surface area contributed by atoms with E-state index in [2.05, 4.69) is 21.3 Å². The number of nitrogens with two attached hydrogens (primary N) is 1. The number of aryl methyl sites for hydroxylation is 2. The number of nitrogens with one attached hydrogen (secondary N) is 4. The van der Waals surface area contributed by atoms with Crippen LogP contribution in [0.1, 0.15) is 73.4 Å². The van der Waals surface area contributed by atoms with E-state index in [1.807, 2.05) is 117 Å². The molecule has 1 unspecified atom stereocenters. The molecule has 0 fully saturated rings. The van der Waals surface area contributed by atoms with Crippen molar-refractivity contribution in [1.29, 1.82) is 0 Å². The van der Waals surface area contributed by atoms with Gasteiger partial charge in [-0.3, -0.25) is 14.4 Å². The third-order valence-electron chi connectivity index (χ3n) is 9.31. The Kier molecular flexibility index (Phi) is 17.3. The number of amides is 5. The predicted octanol–water partition coefficient (Wildman–Crippen LogP) is 6.11. The number of rotatable bonds is 20. The summed E-state index contributed by atoms with van der Waals surface area (Å²) in [6.07, 6.45) is -0.200. The minimum atomic E-state index is -1.16. The Balaban J connectivity index is 1.50. The highest BCUT2D eigenvalue weighted by atomic mass is 16.6. The van der Waals surface area contributed by atoms with Gasteiger partial charge in [-0.05, 0) is 99.4 Å². The maximum atomic E-state index is 14.2. The van der Waals surface area contributed by atoms with E-state index in [0.29, 0.717) is 25.2 Å². The number of unbranched alkanes of at least 4 members (excludes halogenated alkanes) is 1. The molecule has 6 N–H and O–H groups in total. The fourth-order valence-electron chi connectivity index (χ4n) is 6.29. The molecule has 13 heteroatoms. The second-order valence-electron chi connectivity index (χ2n) is 15.4. The van der Waals surface area contributed by atoms with Gasteiger partial charge in [0.2, 0.25) is 17.7 Å². The lowest BCUT2D eigenvalue weighted by Crippen LogP contribution is -2.57. The lowest BCUT2D eigenvalue weighted by Gasteiger charge is -2.27. The highest BCUT2D eigenvalue weighted by molar-refractivity contribution is 5.93. The maximum absolute atomic E-state index is 14.2. The molecule has 4 aromatic carbocycles. The zero-order valence-corrected chi connectivity index (χ0v) is 34.5. The molecule has 4 rings (SSSR count). The van der Waals surface area contributed by atoms with Crippen molar-refractivity contribution in [3.8, 4) is 5.75 Å². The second-order valence-corrected chi connectivity index (χ2v) is 15.4. The van der Waals surface area contributed by atoms with Crippen LogP contribution >= 0.6 is 0 Å². The van der Waals surface area contributed by atoms with E-state index < -0.39 is 53.6 Å². The second kappa shape index (κ2) is 22.5. The molecule has 314 valence electrons. The molecule has 0 aromatic heterocycles. The fourth-order valence-corrected chi connectivity index (χ4v) is 6.29. The SMILES string of the molecule is Cc1cc(OCc2ccccc2)cc(C)c1CC(NC(=O)OC(C)(C)C)C(=O)N[C@@H](CCCCNC(=O)OCc1ccccc1)C(=O)N[C@@H](Cc1ccccc1)C(N)=O. The van der Waals surface area contributed by atoms with Gasteiger partial charge in [-0.2, -0.15) is 0 Å². The number of hydrogen-bond acceptors (Lipinski definition) is 8. The zero-order valence-electron chi connectivity index (χ0n) is 34.5. The summed E-state index contributed by atoms with van der Waals surface area (Å²) >= 11 is 0. The first-order chi connectivity index (χ1) is 28.2. The normalized spacial score (nSPS) is 12.6. The monoisotopic (exact) mass is 807 g/mol. The van der Waals surface area contributed by atoms with Gasteiger partial charge in [0.1, 0.15) is 42.7 Å². The van der Waals surface area contributed by atoms with E-state index in [4.69, 9.17) is 19.9 Å². The largest absolute Gasteiger partial charge is 0.489 e. The molecule has 0 aliphatic carbocycles. The smallest absolute Gasteiger partial charge is 0.408 e. The van der Waals surface area contributed by atoms with Gasteiger partial charge in [0.15, 0.2) is 0 Å². The summed E-state index contributed by atoms with van der Waals surface area (Å²) in [7, 11) is 0. The summed E-state index contributed by atoms with van der Waals surface area (Å²) in [6.45, 7) is 9.70. The molecule has 0 aliphatic heterocycles. The lowest BCUT2D eigenvalue weighted by atomic mass is 9.95. The van der Waals surface area contributed by atoms with Crippen LogP contribution in [0.2, 0.25) is 0 Å². The molecular weight excluding hydrogens is 751 g/mol. The van der Waals surface area contributed by atoms with E-state index in [-0.39, 0.29) is 32.4 Å². The van der Waals surface area contributed by atoms with Crippen LogP contribution < -0.4 is 31.7 Å². The summed E-state index contributed by atoms with van der Waals surface area (Å²) in [6, 6.07) is 28.6. The molecule has 0 spiro atoms. The van der Waals surface area contributed by atoms with Crippen molar-refractivity contribution in [1.82, 2.24) is 21.3 Å². The Hall–Kier alpha value is -6.37. The molecular formula is C46H57N5O8. The molecule has 13 nitrogen and oxygen atoms in total. The van der Waals surface area contributed by atoms with Crippen molar-refractivity contribution in [3.63, 3.8) is 0 Å². The number of hydrogen-bond donors (Lipinski definition) is 5. The van der Waals surface area contributed by atoms with Crippen LogP contribution in [-0.4, -0.2) is 60.2 Å². The van der Waals surface area contributed by atoms with E-state index in [9.17, 15) is 24.0 Å². The topological polar surface area (TPSA) is 187 Å². The van der Waals surface area contributed by atoms with Crippen LogP contribution in [-0.2, 0) is 49.9 Å². The van der Waals surface area contributed by atoms with Gasteiger partial charge in [-0.1, -0.05) is 91.0 Å². The van der Waals surface area contributed by atoms with Crippen LogP contribution in [0, 0.1) is 13.8 Å². The van der Waals surface area contributed by atoms with E-state index in [1.165, 1.54) is 0 Å². The number of ether oxygens (including phenoxy) is 3. The summed E-state index contributed by atoms with van der Waals surface area (Å²) in [5, 5.41) is 11.0. The van der Waals surface area contributed by atoms with Crippen LogP contribution in [0.5, 0.6) is 5.75 Å². The Morgan fingerprint density at radius 2 is 1.15 bits per heavy atom. The molecule has 4 aromatic rings. The molecule has 0 radical (unpaired) electrons. The minimum absolute atomic E-state index is 0.0724. The third-order valence-corrected chi connectivity index (χ3v) is 9.31. The van der Waals surface area contributed by atoms with Gasteiger partial charge >= 0.3 is 12.2 Å². The molecule has 0 saturated heterocycles. The summed E-state index contributed by atoms with van der Waals surface area (Å²) in [5.74, 6) is -1.35. The summed E-state index contributed by atoms with van der Waals surface area (Å²) in [5.41, 5.74) is 10.0.